The average molecular weight is 260 g/mol. The molecule has 1 heterocycles. The standard InChI is InChI=1S/C15H17FN2O/c1-11(17)8-13-9-14(16)2-3-15(13)19-10-12-4-6-18-7-5-12/h2-7,9,11H,8,10,17H2,1H3. The Morgan fingerprint density at radius 2 is 2.00 bits per heavy atom. The van der Waals surface area contributed by atoms with Crippen LogP contribution in [0.5, 0.6) is 5.75 Å². The summed E-state index contributed by atoms with van der Waals surface area (Å²) >= 11 is 0. The van der Waals surface area contributed by atoms with E-state index in [1.54, 1.807) is 18.5 Å². The van der Waals surface area contributed by atoms with Gasteiger partial charge < -0.3 is 10.5 Å². The van der Waals surface area contributed by atoms with Crippen molar-refractivity contribution < 1.29 is 9.13 Å². The number of aromatic nitrogens is 1. The summed E-state index contributed by atoms with van der Waals surface area (Å²) < 4.78 is 19.0. The first-order chi connectivity index (χ1) is 9.15. The van der Waals surface area contributed by atoms with Crippen LogP contribution in [0.4, 0.5) is 4.39 Å². The molecule has 2 N–H and O–H groups in total. The first kappa shape index (κ1) is 13.5. The van der Waals surface area contributed by atoms with Crippen molar-refractivity contribution in [2.75, 3.05) is 0 Å². The fraction of sp³-hybridized carbons (Fsp3) is 0.267. The topological polar surface area (TPSA) is 48.1 Å². The minimum absolute atomic E-state index is 0.0370. The third kappa shape index (κ3) is 4.03. The molecule has 2 rings (SSSR count). The van der Waals surface area contributed by atoms with E-state index in [0.29, 0.717) is 18.8 Å². The van der Waals surface area contributed by atoms with Gasteiger partial charge in [-0.1, -0.05) is 0 Å². The lowest BCUT2D eigenvalue weighted by atomic mass is 10.1. The Bertz CT molecular complexity index is 529. The summed E-state index contributed by atoms with van der Waals surface area (Å²) in [6, 6.07) is 8.25. The molecule has 0 radical (unpaired) electrons. The summed E-state index contributed by atoms with van der Waals surface area (Å²) in [7, 11) is 0. The molecule has 4 heteroatoms. The second kappa shape index (κ2) is 6.29. The van der Waals surface area contributed by atoms with Crippen LogP contribution in [-0.4, -0.2) is 11.0 Å². The lowest BCUT2D eigenvalue weighted by molar-refractivity contribution is 0.301. The summed E-state index contributed by atoms with van der Waals surface area (Å²) in [5.41, 5.74) is 7.58. The number of pyridine rings is 1. The minimum atomic E-state index is -0.271. The van der Waals surface area contributed by atoms with E-state index in [1.165, 1.54) is 12.1 Å². The quantitative estimate of drug-likeness (QED) is 0.899. The first-order valence-electron chi connectivity index (χ1n) is 6.21. The van der Waals surface area contributed by atoms with Crippen LogP contribution in [0.15, 0.2) is 42.7 Å². The number of benzene rings is 1. The van der Waals surface area contributed by atoms with Gasteiger partial charge in [0.05, 0.1) is 0 Å². The van der Waals surface area contributed by atoms with Crippen LogP contribution in [0.2, 0.25) is 0 Å². The molecule has 0 spiro atoms. The second-order valence-electron chi connectivity index (χ2n) is 4.58. The van der Waals surface area contributed by atoms with Gasteiger partial charge in [0.1, 0.15) is 18.2 Å². The SMILES string of the molecule is CC(N)Cc1cc(F)ccc1OCc1ccncc1. The van der Waals surface area contributed by atoms with Gasteiger partial charge in [0.2, 0.25) is 0 Å². The lowest BCUT2D eigenvalue weighted by Gasteiger charge is -2.13. The number of nitrogens with zero attached hydrogens (tertiary/aromatic N) is 1. The molecule has 0 saturated carbocycles. The highest BCUT2D eigenvalue weighted by molar-refractivity contribution is 5.34. The summed E-state index contributed by atoms with van der Waals surface area (Å²) in [6.45, 7) is 2.32. The van der Waals surface area contributed by atoms with Crippen LogP contribution in [0.1, 0.15) is 18.1 Å². The van der Waals surface area contributed by atoms with E-state index >= 15 is 0 Å². The van der Waals surface area contributed by atoms with Crippen molar-refractivity contribution in [1.82, 2.24) is 4.98 Å². The smallest absolute Gasteiger partial charge is 0.123 e. The van der Waals surface area contributed by atoms with Gasteiger partial charge in [-0.2, -0.15) is 0 Å². The van der Waals surface area contributed by atoms with Gasteiger partial charge in [-0.05, 0) is 54.8 Å². The number of rotatable bonds is 5. The monoisotopic (exact) mass is 260 g/mol. The van der Waals surface area contributed by atoms with Gasteiger partial charge in [-0.3, -0.25) is 4.98 Å². The first-order valence-corrected chi connectivity index (χ1v) is 6.21. The Morgan fingerprint density at radius 3 is 2.68 bits per heavy atom. The fourth-order valence-electron chi connectivity index (χ4n) is 1.84. The van der Waals surface area contributed by atoms with Crippen LogP contribution in [0.3, 0.4) is 0 Å². The van der Waals surface area contributed by atoms with E-state index in [4.69, 9.17) is 10.5 Å². The number of ether oxygens (including phenoxy) is 1. The van der Waals surface area contributed by atoms with Crippen molar-refractivity contribution in [2.24, 2.45) is 5.73 Å². The van der Waals surface area contributed by atoms with Crippen LogP contribution in [-0.2, 0) is 13.0 Å². The van der Waals surface area contributed by atoms with E-state index in [-0.39, 0.29) is 11.9 Å². The predicted octanol–water partition coefficient (Wildman–Crippen LogP) is 2.69. The van der Waals surface area contributed by atoms with Crippen LogP contribution in [0.25, 0.3) is 0 Å². The fourth-order valence-corrected chi connectivity index (χ4v) is 1.84. The van der Waals surface area contributed by atoms with E-state index in [2.05, 4.69) is 4.98 Å². The number of halogens is 1. The highest BCUT2D eigenvalue weighted by Crippen LogP contribution is 2.22. The maximum atomic E-state index is 13.3. The van der Waals surface area contributed by atoms with Gasteiger partial charge >= 0.3 is 0 Å². The normalized spacial score (nSPS) is 12.2. The number of nitrogens with two attached hydrogens (primary N) is 1. The maximum absolute atomic E-state index is 13.3. The number of hydrogen-bond donors (Lipinski definition) is 1. The van der Waals surface area contributed by atoms with Gasteiger partial charge in [0.25, 0.3) is 0 Å². The van der Waals surface area contributed by atoms with Gasteiger partial charge in [0.15, 0.2) is 0 Å². The molecule has 0 amide bonds. The second-order valence-corrected chi connectivity index (χ2v) is 4.58. The zero-order valence-corrected chi connectivity index (χ0v) is 10.8. The Balaban J connectivity index is 2.11. The summed E-state index contributed by atoms with van der Waals surface area (Å²) in [5.74, 6) is 0.405. The molecule has 0 aliphatic heterocycles. The van der Waals surface area contributed by atoms with Crippen LogP contribution < -0.4 is 10.5 Å². The van der Waals surface area contributed by atoms with Crippen LogP contribution >= 0.6 is 0 Å². The van der Waals surface area contributed by atoms with Crippen molar-refractivity contribution in [2.45, 2.75) is 26.0 Å². The largest absolute Gasteiger partial charge is 0.489 e. The highest BCUT2D eigenvalue weighted by atomic mass is 19.1. The number of hydrogen-bond acceptors (Lipinski definition) is 3. The molecule has 0 aliphatic carbocycles. The Morgan fingerprint density at radius 1 is 1.26 bits per heavy atom. The van der Waals surface area contributed by atoms with Crippen LogP contribution in [0, 0.1) is 5.82 Å². The van der Waals surface area contributed by atoms with E-state index in [0.717, 1.165) is 11.1 Å². The molecule has 1 aromatic carbocycles. The predicted molar refractivity (Wildman–Crippen MR) is 72.3 cm³/mol. The lowest BCUT2D eigenvalue weighted by Crippen LogP contribution is -2.18. The average Bonchev–Trinajstić information content (AvgIpc) is 2.38. The highest BCUT2D eigenvalue weighted by Gasteiger charge is 2.08. The third-order valence-corrected chi connectivity index (χ3v) is 2.71. The van der Waals surface area contributed by atoms with Crippen molar-refractivity contribution in [3.05, 3.63) is 59.7 Å². The van der Waals surface area contributed by atoms with E-state index < -0.39 is 0 Å². The molecule has 19 heavy (non-hydrogen) atoms. The van der Waals surface area contributed by atoms with Gasteiger partial charge in [0, 0.05) is 18.4 Å². The zero-order valence-electron chi connectivity index (χ0n) is 10.8. The zero-order chi connectivity index (χ0) is 13.7. The molecule has 2 aromatic rings. The summed E-state index contributed by atoms with van der Waals surface area (Å²) in [5, 5.41) is 0. The van der Waals surface area contributed by atoms with Crippen molar-refractivity contribution in [1.29, 1.82) is 0 Å². The van der Waals surface area contributed by atoms with E-state index in [9.17, 15) is 4.39 Å². The molecule has 1 atom stereocenters. The molecular formula is C15H17FN2O. The third-order valence-electron chi connectivity index (χ3n) is 2.71. The Kier molecular flexibility index (Phi) is 4.47. The molecule has 1 aromatic heterocycles. The molecule has 0 bridgehead atoms. The molecule has 3 nitrogen and oxygen atoms in total. The molecule has 0 fully saturated rings. The van der Waals surface area contributed by atoms with Crippen molar-refractivity contribution in [3.63, 3.8) is 0 Å². The van der Waals surface area contributed by atoms with Crippen molar-refractivity contribution >= 4 is 0 Å². The molecule has 0 aliphatic rings. The molecular weight excluding hydrogens is 243 g/mol. The van der Waals surface area contributed by atoms with Gasteiger partial charge in [-0.15, -0.1) is 0 Å². The summed E-state index contributed by atoms with van der Waals surface area (Å²) in [4.78, 5) is 3.95. The van der Waals surface area contributed by atoms with Gasteiger partial charge in [-0.25, -0.2) is 4.39 Å². The molecule has 1 unspecified atom stereocenters. The molecule has 100 valence electrons. The van der Waals surface area contributed by atoms with E-state index in [1.807, 2.05) is 19.1 Å². The minimum Gasteiger partial charge on any atom is -0.489 e. The Labute approximate surface area is 112 Å². The maximum Gasteiger partial charge on any atom is 0.123 e. The molecule has 0 saturated heterocycles. The Hall–Kier alpha value is -1.94. The van der Waals surface area contributed by atoms with Crippen molar-refractivity contribution in [3.8, 4) is 5.75 Å². The summed E-state index contributed by atoms with van der Waals surface area (Å²) in [6.07, 6.45) is 4.02.